The van der Waals surface area contributed by atoms with Crippen LogP contribution in [0.5, 0.6) is 0 Å². The van der Waals surface area contributed by atoms with Crippen LogP contribution in [0.15, 0.2) is 12.4 Å². The molecule has 84 valence electrons. The Morgan fingerprint density at radius 1 is 1.53 bits per heavy atom. The number of aryl methyl sites for hydroxylation is 1. The molecule has 1 aliphatic rings. The molecule has 0 radical (unpaired) electrons. The summed E-state index contributed by atoms with van der Waals surface area (Å²) < 4.78 is 7.75. The minimum atomic E-state index is 0.183. The molecule has 1 aromatic rings. The highest BCUT2D eigenvalue weighted by Gasteiger charge is 2.26. The molecule has 2 heterocycles. The number of hydrogen-bond acceptors (Lipinski definition) is 3. The molecule has 0 N–H and O–H groups in total. The highest BCUT2D eigenvalue weighted by molar-refractivity contribution is 5.09. The molecule has 1 aliphatic heterocycles. The fraction of sp³-hybridized carbons (Fsp3) is 0.727. The smallest absolute Gasteiger partial charge is 0.0986 e. The van der Waals surface area contributed by atoms with E-state index in [1.807, 2.05) is 24.1 Å². The lowest BCUT2D eigenvalue weighted by atomic mass is 10.1. The maximum absolute atomic E-state index is 5.92. The van der Waals surface area contributed by atoms with Crippen LogP contribution >= 0.6 is 0 Å². The van der Waals surface area contributed by atoms with Crippen molar-refractivity contribution >= 4 is 0 Å². The van der Waals surface area contributed by atoms with Crippen LogP contribution in [-0.2, 0) is 11.8 Å². The summed E-state index contributed by atoms with van der Waals surface area (Å²) in [5.74, 6) is 0. The summed E-state index contributed by atoms with van der Waals surface area (Å²) in [5.41, 5.74) is 1.18. The van der Waals surface area contributed by atoms with Crippen LogP contribution in [0.2, 0.25) is 0 Å². The Labute approximate surface area is 90.8 Å². The minimum Gasteiger partial charge on any atom is -0.368 e. The molecule has 2 atom stereocenters. The lowest BCUT2D eigenvalue weighted by molar-refractivity contribution is -0.0774. The summed E-state index contributed by atoms with van der Waals surface area (Å²) >= 11 is 0. The van der Waals surface area contributed by atoms with Gasteiger partial charge in [0.1, 0.15) is 0 Å². The number of hydrogen-bond donors (Lipinski definition) is 0. The van der Waals surface area contributed by atoms with Gasteiger partial charge in [0.05, 0.1) is 18.4 Å². The van der Waals surface area contributed by atoms with Gasteiger partial charge in [0, 0.05) is 31.9 Å². The first-order valence-electron chi connectivity index (χ1n) is 5.55. The molecule has 15 heavy (non-hydrogen) atoms. The Morgan fingerprint density at radius 3 is 2.93 bits per heavy atom. The monoisotopic (exact) mass is 209 g/mol. The summed E-state index contributed by atoms with van der Waals surface area (Å²) in [6, 6.07) is 0. The van der Waals surface area contributed by atoms with Crippen LogP contribution in [0.4, 0.5) is 0 Å². The molecule has 1 saturated heterocycles. The van der Waals surface area contributed by atoms with Gasteiger partial charge in [-0.2, -0.15) is 5.10 Å². The molecule has 0 aromatic carbocycles. The van der Waals surface area contributed by atoms with Crippen molar-refractivity contribution in [1.29, 1.82) is 0 Å². The van der Waals surface area contributed by atoms with E-state index in [0.717, 1.165) is 19.6 Å². The van der Waals surface area contributed by atoms with Crippen molar-refractivity contribution in [3.05, 3.63) is 18.0 Å². The minimum absolute atomic E-state index is 0.183. The van der Waals surface area contributed by atoms with E-state index in [1.165, 1.54) is 5.56 Å². The van der Waals surface area contributed by atoms with Crippen molar-refractivity contribution in [3.63, 3.8) is 0 Å². The molecule has 2 rings (SSSR count). The van der Waals surface area contributed by atoms with Gasteiger partial charge in [-0.05, 0) is 13.5 Å². The lowest BCUT2D eigenvalue weighted by Crippen LogP contribution is -2.42. The van der Waals surface area contributed by atoms with Gasteiger partial charge >= 0.3 is 0 Å². The molecule has 0 amide bonds. The van der Waals surface area contributed by atoms with Crippen LogP contribution in [0, 0.1) is 0 Å². The zero-order valence-corrected chi connectivity index (χ0v) is 9.68. The number of nitrogens with zero attached hydrogens (tertiary/aromatic N) is 3. The highest BCUT2D eigenvalue weighted by atomic mass is 16.5. The van der Waals surface area contributed by atoms with Crippen molar-refractivity contribution < 1.29 is 4.74 Å². The molecule has 0 bridgehead atoms. The van der Waals surface area contributed by atoms with E-state index >= 15 is 0 Å². The third-order valence-corrected chi connectivity index (χ3v) is 2.88. The van der Waals surface area contributed by atoms with E-state index in [1.54, 1.807) is 0 Å². The van der Waals surface area contributed by atoms with Gasteiger partial charge in [-0.3, -0.25) is 9.58 Å². The number of likely N-dealkylation sites (N-methyl/N-ethyl adjacent to an activating group) is 1. The van der Waals surface area contributed by atoms with E-state index in [9.17, 15) is 0 Å². The van der Waals surface area contributed by atoms with E-state index in [2.05, 4.69) is 23.8 Å². The van der Waals surface area contributed by atoms with Crippen LogP contribution in [-0.4, -0.2) is 40.4 Å². The molecule has 4 heteroatoms. The number of rotatable bonds is 2. The topological polar surface area (TPSA) is 30.3 Å². The molecule has 0 spiro atoms. The Morgan fingerprint density at radius 2 is 2.33 bits per heavy atom. The molecule has 1 fully saturated rings. The largest absolute Gasteiger partial charge is 0.368 e. The van der Waals surface area contributed by atoms with Gasteiger partial charge < -0.3 is 4.74 Å². The van der Waals surface area contributed by atoms with Crippen molar-refractivity contribution in [2.24, 2.45) is 7.05 Å². The second kappa shape index (κ2) is 4.33. The van der Waals surface area contributed by atoms with Crippen molar-refractivity contribution in [2.75, 3.05) is 19.6 Å². The van der Waals surface area contributed by atoms with Crippen molar-refractivity contribution in [3.8, 4) is 0 Å². The first-order valence-corrected chi connectivity index (χ1v) is 5.55. The Bertz CT molecular complexity index is 323. The van der Waals surface area contributed by atoms with E-state index in [-0.39, 0.29) is 6.10 Å². The average molecular weight is 209 g/mol. The van der Waals surface area contributed by atoms with E-state index in [4.69, 9.17) is 4.74 Å². The summed E-state index contributed by atoms with van der Waals surface area (Å²) in [4.78, 5) is 2.42. The standard InChI is InChI=1S/C11H19N3O/c1-4-14-6-9(2)15-11(8-14)10-5-12-13(3)7-10/h5,7,9,11H,4,6,8H2,1-3H3. The van der Waals surface area contributed by atoms with Gasteiger partial charge in [-0.1, -0.05) is 6.92 Å². The zero-order chi connectivity index (χ0) is 10.8. The Kier molecular flexibility index (Phi) is 3.07. The maximum atomic E-state index is 5.92. The summed E-state index contributed by atoms with van der Waals surface area (Å²) in [6.07, 6.45) is 4.43. The van der Waals surface area contributed by atoms with E-state index in [0.29, 0.717) is 6.10 Å². The van der Waals surface area contributed by atoms with Crippen molar-refractivity contribution in [2.45, 2.75) is 26.1 Å². The summed E-state index contributed by atoms with van der Waals surface area (Å²) in [6.45, 7) is 7.42. The van der Waals surface area contributed by atoms with Crippen LogP contribution in [0.1, 0.15) is 25.5 Å². The molecular formula is C11H19N3O. The van der Waals surface area contributed by atoms with Crippen LogP contribution in [0.3, 0.4) is 0 Å². The predicted octanol–water partition coefficient (Wildman–Crippen LogP) is 1.20. The van der Waals surface area contributed by atoms with Crippen molar-refractivity contribution in [1.82, 2.24) is 14.7 Å². The quantitative estimate of drug-likeness (QED) is 0.733. The number of aromatic nitrogens is 2. The number of ether oxygens (including phenoxy) is 1. The van der Waals surface area contributed by atoms with Gasteiger partial charge in [0.2, 0.25) is 0 Å². The van der Waals surface area contributed by atoms with E-state index < -0.39 is 0 Å². The third kappa shape index (κ3) is 2.38. The SMILES string of the molecule is CCN1CC(C)OC(c2cnn(C)c2)C1. The molecule has 0 aliphatic carbocycles. The Balaban J connectivity index is 2.08. The predicted molar refractivity (Wildman–Crippen MR) is 58.6 cm³/mol. The van der Waals surface area contributed by atoms with Gasteiger partial charge in [-0.25, -0.2) is 0 Å². The average Bonchev–Trinajstić information content (AvgIpc) is 2.64. The van der Waals surface area contributed by atoms with Crippen LogP contribution < -0.4 is 0 Å². The van der Waals surface area contributed by atoms with Crippen LogP contribution in [0.25, 0.3) is 0 Å². The second-order valence-electron chi connectivity index (χ2n) is 4.23. The van der Waals surface area contributed by atoms with Gasteiger partial charge in [0.25, 0.3) is 0 Å². The van der Waals surface area contributed by atoms with Gasteiger partial charge in [-0.15, -0.1) is 0 Å². The second-order valence-corrected chi connectivity index (χ2v) is 4.23. The first kappa shape index (κ1) is 10.6. The number of morpholine rings is 1. The molecule has 1 aromatic heterocycles. The maximum Gasteiger partial charge on any atom is 0.0986 e. The third-order valence-electron chi connectivity index (χ3n) is 2.88. The lowest BCUT2D eigenvalue weighted by Gasteiger charge is -2.35. The normalized spacial score (nSPS) is 28.2. The molecule has 0 saturated carbocycles. The molecule has 4 nitrogen and oxygen atoms in total. The Hall–Kier alpha value is -0.870. The first-order chi connectivity index (χ1) is 7.19. The zero-order valence-electron chi connectivity index (χ0n) is 9.68. The molecule has 2 unspecified atom stereocenters. The fourth-order valence-corrected chi connectivity index (χ4v) is 2.09. The molecular weight excluding hydrogens is 190 g/mol. The summed E-state index contributed by atoms with van der Waals surface area (Å²) in [7, 11) is 1.94. The van der Waals surface area contributed by atoms with Gasteiger partial charge in [0.15, 0.2) is 0 Å². The fourth-order valence-electron chi connectivity index (χ4n) is 2.09. The summed E-state index contributed by atoms with van der Waals surface area (Å²) in [5, 5.41) is 4.19. The highest BCUT2D eigenvalue weighted by Crippen LogP contribution is 2.24.